The van der Waals surface area contributed by atoms with Gasteiger partial charge in [-0.1, -0.05) is 103 Å². The van der Waals surface area contributed by atoms with Crippen molar-refractivity contribution >= 4 is 87.5 Å². The van der Waals surface area contributed by atoms with E-state index in [2.05, 4.69) is 179 Å². The molecule has 0 bridgehead atoms. The van der Waals surface area contributed by atoms with Crippen molar-refractivity contribution in [1.29, 1.82) is 0 Å². The Hall–Kier alpha value is -7.04. The molecule has 0 fully saturated rings. The van der Waals surface area contributed by atoms with Gasteiger partial charge in [-0.3, -0.25) is 0 Å². The molecule has 0 aliphatic rings. The predicted octanol–water partition coefficient (Wildman–Crippen LogP) is 13.3. The van der Waals surface area contributed by atoms with Gasteiger partial charge in [0.2, 0.25) is 0 Å². The van der Waals surface area contributed by atoms with E-state index < -0.39 is 0 Å². The second-order valence-electron chi connectivity index (χ2n) is 13.7. The second-order valence-corrected chi connectivity index (χ2v) is 13.7. The Labute approximate surface area is 296 Å². The molecule has 4 heteroatoms. The number of hydrogen-bond acceptors (Lipinski definition) is 2. The fourth-order valence-electron chi connectivity index (χ4n) is 8.71. The van der Waals surface area contributed by atoms with Gasteiger partial charge in [-0.25, -0.2) is 0 Å². The fourth-order valence-corrected chi connectivity index (χ4v) is 8.71. The number of furan rings is 2. The van der Waals surface area contributed by atoms with Gasteiger partial charge in [0.25, 0.3) is 0 Å². The Morgan fingerprint density at radius 1 is 0.327 bits per heavy atom. The summed E-state index contributed by atoms with van der Waals surface area (Å²) in [7, 11) is 0. The predicted molar refractivity (Wildman–Crippen MR) is 215 cm³/mol. The van der Waals surface area contributed by atoms with E-state index in [1.165, 1.54) is 43.6 Å². The van der Waals surface area contributed by atoms with Crippen molar-refractivity contribution in [3.63, 3.8) is 0 Å². The lowest BCUT2D eigenvalue weighted by atomic mass is 9.99. The third-order valence-electron chi connectivity index (χ3n) is 10.9. The third-order valence-corrected chi connectivity index (χ3v) is 10.9. The summed E-state index contributed by atoms with van der Waals surface area (Å²) in [6.45, 7) is 0. The van der Waals surface area contributed by atoms with Gasteiger partial charge in [0.15, 0.2) is 0 Å². The Kier molecular flexibility index (Phi) is 5.47. The summed E-state index contributed by atoms with van der Waals surface area (Å²) in [4.78, 5) is 0. The minimum absolute atomic E-state index is 0.837. The highest BCUT2D eigenvalue weighted by Crippen LogP contribution is 2.45. The summed E-state index contributed by atoms with van der Waals surface area (Å²) in [5.74, 6) is 0. The van der Waals surface area contributed by atoms with Crippen LogP contribution < -0.4 is 0 Å². The van der Waals surface area contributed by atoms with Crippen LogP contribution in [0.4, 0.5) is 0 Å². The smallest absolute Gasteiger partial charge is 0.143 e. The first-order valence-corrected chi connectivity index (χ1v) is 17.7. The van der Waals surface area contributed by atoms with Crippen LogP contribution in [0.3, 0.4) is 0 Å². The first kappa shape index (κ1) is 27.7. The standard InChI is InChI=1S/C48H28N2O2/c1-2-12-29(13-3-1)36-27-31(50-41-20-10-6-16-34(41)35-17-7-11-21-42(35)50)28-38-47-45(52-48(36)38)25-24-44-46(47)37-26-30(22-23-43(37)51-44)49-39-18-8-4-14-32(39)33-15-5-9-19-40(33)49/h1-28H. The molecule has 8 aromatic carbocycles. The summed E-state index contributed by atoms with van der Waals surface area (Å²) in [6, 6.07) is 60.5. The van der Waals surface area contributed by atoms with Crippen molar-refractivity contribution in [2.45, 2.75) is 0 Å². The van der Waals surface area contributed by atoms with Crippen molar-refractivity contribution in [1.82, 2.24) is 9.13 Å². The molecule has 0 amide bonds. The number of fused-ring (bicyclic) bond motifs is 13. The minimum Gasteiger partial charge on any atom is -0.456 e. The van der Waals surface area contributed by atoms with Crippen molar-refractivity contribution in [3.8, 4) is 22.5 Å². The van der Waals surface area contributed by atoms with Gasteiger partial charge in [-0.2, -0.15) is 0 Å². The van der Waals surface area contributed by atoms with E-state index in [0.29, 0.717) is 0 Å². The summed E-state index contributed by atoms with van der Waals surface area (Å²) in [5.41, 5.74) is 12.4. The number of para-hydroxylation sites is 4. The zero-order valence-corrected chi connectivity index (χ0v) is 27.9. The molecular formula is C48H28N2O2. The SMILES string of the molecule is c1ccc(-c2cc(-n3c4ccccc4c4ccccc43)cc3c2oc2ccc4oc5ccc(-n6c7ccccc7c7ccccc76)cc5c4c23)cc1. The van der Waals surface area contributed by atoms with Crippen LogP contribution in [0, 0.1) is 0 Å². The van der Waals surface area contributed by atoms with E-state index in [0.717, 1.165) is 66.4 Å². The lowest BCUT2D eigenvalue weighted by molar-refractivity contribution is 0.663. The average molecular weight is 665 g/mol. The van der Waals surface area contributed by atoms with E-state index >= 15 is 0 Å². The number of aromatic nitrogens is 2. The van der Waals surface area contributed by atoms with Crippen LogP contribution in [0.25, 0.3) is 110 Å². The fraction of sp³-hybridized carbons (Fsp3) is 0. The van der Waals surface area contributed by atoms with Crippen LogP contribution in [0.2, 0.25) is 0 Å². The summed E-state index contributed by atoms with van der Waals surface area (Å²) in [5, 5.41) is 9.19. The third kappa shape index (κ3) is 3.70. The van der Waals surface area contributed by atoms with Crippen LogP contribution in [-0.2, 0) is 0 Å². The van der Waals surface area contributed by atoms with Crippen LogP contribution in [0.15, 0.2) is 179 Å². The van der Waals surface area contributed by atoms with Gasteiger partial charge in [-0.15, -0.1) is 0 Å². The topological polar surface area (TPSA) is 36.1 Å². The first-order valence-electron chi connectivity index (χ1n) is 17.7. The molecule has 0 spiro atoms. The highest BCUT2D eigenvalue weighted by atomic mass is 16.3. The molecule has 4 heterocycles. The second kappa shape index (κ2) is 10.3. The van der Waals surface area contributed by atoms with Crippen LogP contribution in [0.5, 0.6) is 0 Å². The summed E-state index contributed by atoms with van der Waals surface area (Å²) >= 11 is 0. The van der Waals surface area contributed by atoms with Crippen molar-refractivity contribution < 1.29 is 8.83 Å². The van der Waals surface area contributed by atoms with Crippen LogP contribution >= 0.6 is 0 Å². The molecule has 0 saturated heterocycles. The molecular weight excluding hydrogens is 637 g/mol. The van der Waals surface area contributed by atoms with E-state index in [-0.39, 0.29) is 0 Å². The zero-order chi connectivity index (χ0) is 33.9. The highest BCUT2D eigenvalue weighted by molar-refractivity contribution is 6.27. The Morgan fingerprint density at radius 2 is 0.788 bits per heavy atom. The minimum atomic E-state index is 0.837. The molecule has 4 aromatic heterocycles. The molecule has 12 aromatic rings. The molecule has 0 aliphatic carbocycles. The maximum atomic E-state index is 6.87. The van der Waals surface area contributed by atoms with Crippen LogP contribution in [0.1, 0.15) is 0 Å². The molecule has 4 nitrogen and oxygen atoms in total. The van der Waals surface area contributed by atoms with Gasteiger partial charge in [0.1, 0.15) is 22.3 Å². The maximum Gasteiger partial charge on any atom is 0.143 e. The Balaban J connectivity index is 1.21. The van der Waals surface area contributed by atoms with E-state index in [1.54, 1.807) is 0 Å². The van der Waals surface area contributed by atoms with E-state index in [1.807, 2.05) is 0 Å². The van der Waals surface area contributed by atoms with Gasteiger partial charge < -0.3 is 18.0 Å². The van der Waals surface area contributed by atoms with E-state index in [4.69, 9.17) is 8.83 Å². The Morgan fingerprint density at radius 3 is 1.38 bits per heavy atom. The monoisotopic (exact) mass is 664 g/mol. The van der Waals surface area contributed by atoms with Gasteiger partial charge in [0, 0.05) is 60.0 Å². The van der Waals surface area contributed by atoms with Gasteiger partial charge >= 0.3 is 0 Å². The average Bonchev–Trinajstić information content (AvgIpc) is 3.95. The number of nitrogens with zero attached hydrogens (tertiary/aromatic N) is 2. The van der Waals surface area contributed by atoms with Gasteiger partial charge in [-0.05, 0) is 72.3 Å². The number of hydrogen-bond donors (Lipinski definition) is 0. The van der Waals surface area contributed by atoms with Crippen molar-refractivity contribution in [2.75, 3.05) is 0 Å². The maximum absolute atomic E-state index is 6.87. The molecule has 0 saturated carbocycles. The molecule has 0 N–H and O–H groups in total. The molecule has 0 aliphatic heterocycles. The Bertz CT molecular complexity index is 3300. The summed E-state index contributed by atoms with van der Waals surface area (Å²) < 4.78 is 18.2. The first-order chi connectivity index (χ1) is 25.8. The quantitative estimate of drug-likeness (QED) is 0.188. The van der Waals surface area contributed by atoms with Gasteiger partial charge in [0.05, 0.1) is 22.1 Å². The number of rotatable bonds is 3. The van der Waals surface area contributed by atoms with Crippen LogP contribution in [-0.4, -0.2) is 9.13 Å². The molecule has 0 unspecified atom stereocenters. The molecule has 52 heavy (non-hydrogen) atoms. The van der Waals surface area contributed by atoms with Crippen molar-refractivity contribution in [3.05, 3.63) is 170 Å². The molecule has 242 valence electrons. The summed E-state index contributed by atoms with van der Waals surface area (Å²) in [6.07, 6.45) is 0. The molecule has 0 atom stereocenters. The lowest BCUT2D eigenvalue weighted by Crippen LogP contribution is -1.95. The largest absolute Gasteiger partial charge is 0.456 e. The molecule has 0 radical (unpaired) electrons. The van der Waals surface area contributed by atoms with Crippen molar-refractivity contribution in [2.24, 2.45) is 0 Å². The van der Waals surface area contributed by atoms with E-state index in [9.17, 15) is 0 Å². The normalized spacial score (nSPS) is 12.2. The lowest BCUT2D eigenvalue weighted by Gasteiger charge is -2.12. The molecule has 12 rings (SSSR count). The zero-order valence-electron chi connectivity index (χ0n) is 27.9. The number of benzene rings is 8. The highest BCUT2D eigenvalue weighted by Gasteiger charge is 2.22.